The maximum atomic E-state index is 14.5. The first-order valence-electron chi connectivity index (χ1n) is 10.9. The van der Waals surface area contributed by atoms with Gasteiger partial charge in [0.25, 0.3) is 0 Å². The Morgan fingerprint density at radius 1 is 1.00 bits per heavy atom. The van der Waals surface area contributed by atoms with Gasteiger partial charge in [0.1, 0.15) is 17.2 Å². The number of ether oxygens (including phenoxy) is 1. The lowest BCUT2D eigenvalue weighted by Gasteiger charge is -2.18. The van der Waals surface area contributed by atoms with Gasteiger partial charge in [0.15, 0.2) is 6.67 Å². The summed E-state index contributed by atoms with van der Waals surface area (Å²) in [4.78, 5) is 4.48. The van der Waals surface area contributed by atoms with Gasteiger partial charge < -0.3 is 9.84 Å². The number of hydrogen-bond acceptors (Lipinski definition) is 3. The van der Waals surface area contributed by atoms with Crippen molar-refractivity contribution in [3.05, 3.63) is 89.2 Å². The Kier molecular flexibility index (Phi) is 6.66. The number of methoxy groups -OCH3 is 1. The van der Waals surface area contributed by atoms with Gasteiger partial charge in [-0.05, 0) is 49.7 Å². The van der Waals surface area contributed by atoms with E-state index in [1.54, 1.807) is 68.1 Å². The van der Waals surface area contributed by atoms with E-state index in [4.69, 9.17) is 16.3 Å². The quantitative estimate of drug-likeness (QED) is 0.293. The van der Waals surface area contributed by atoms with Crippen LogP contribution in [0.25, 0.3) is 28.2 Å². The number of rotatable bonds is 7. The van der Waals surface area contributed by atoms with Gasteiger partial charge >= 0.3 is 5.92 Å². The van der Waals surface area contributed by atoms with Crippen LogP contribution in [0.5, 0.6) is 5.75 Å². The topological polar surface area (TPSA) is 47.3 Å². The number of aromatic nitrogens is 2. The number of aliphatic hydroxyl groups is 1. The maximum absolute atomic E-state index is 14.5. The third kappa shape index (κ3) is 4.92. The Labute approximate surface area is 206 Å². The van der Waals surface area contributed by atoms with Gasteiger partial charge in [-0.3, -0.25) is 4.57 Å². The zero-order valence-corrected chi connectivity index (χ0v) is 20.2. The Hall–Kier alpha value is -3.29. The molecule has 0 atom stereocenters. The smallest absolute Gasteiger partial charge is 0.301 e. The molecule has 1 aromatic heterocycles. The van der Waals surface area contributed by atoms with Crippen LogP contribution in [0.2, 0.25) is 5.02 Å². The molecule has 0 aliphatic rings. The number of hydrogen-bond donors (Lipinski definition) is 1. The highest BCUT2D eigenvalue weighted by Gasteiger charge is 2.35. The van der Waals surface area contributed by atoms with Gasteiger partial charge in [0.05, 0.1) is 12.8 Å². The van der Waals surface area contributed by atoms with E-state index >= 15 is 0 Å². The van der Waals surface area contributed by atoms with E-state index in [1.165, 1.54) is 18.2 Å². The largest absolute Gasteiger partial charge is 0.496 e. The predicted molar refractivity (Wildman–Crippen MR) is 131 cm³/mol. The van der Waals surface area contributed by atoms with E-state index in [2.05, 4.69) is 4.98 Å². The van der Waals surface area contributed by atoms with Gasteiger partial charge in [-0.15, -0.1) is 0 Å². The summed E-state index contributed by atoms with van der Waals surface area (Å²) in [6.45, 7) is 1.28. The maximum Gasteiger partial charge on any atom is 0.301 e. The SMILES string of the molecule is COc1ccc(Cl)cc1-c1ccc(-n2cc(C(C)(C)O)nc2-c2ccccc2C(F)(F)CF)cc1. The lowest BCUT2D eigenvalue weighted by molar-refractivity contribution is -0.0275. The molecule has 4 nitrogen and oxygen atoms in total. The summed E-state index contributed by atoms with van der Waals surface area (Å²) in [7, 11) is 1.57. The summed E-state index contributed by atoms with van der Waals surface area (Å²) in [6.07, 6.45) is 1.59. The monoisotopic (exact) mass is 500 g/mol. The molecule has 0 spiro atoms. The van der Waals surface area contributed by atoms with Crippen molar-refractivity contribution in [1.29, 1.82) is 0 Å². The van der Waals surface area contributed by atoms with E-state index in [0.717, 1.165) is 11.1 Å². The lowest BCUT2D eigenvalue weighted by atomic mass is 10.0. The molecular formula is C27H24ClF3N2O2. The average Bonchev–Trinajstić information content (AvgIpc) is 3.30. The van der Waals surface area contributed by atoms with Crippen LogP contribution < -0.4 is 4.74 Å². The molecule has 0 unspecified atom stereocenters. The number of benzene rings is 3. The molecule has 0 radical (unpaired) electrons. The number of imidazole rings is 1. The minimum atomic E-state index is -3.69. The van der Waals surface area contributed by atoms with Gasteiger partial charge in [0.2, 0.25) is 0 Å². The fraction of sp³-hybridized carbons (Fsp3) is 0.222. The fourth-order valence-electron chi connectivity index (χ4n) is 3.84. The molecule has 1 heterocycles. The second-order valence-electron chi connectivity index (χ2n) is 8.65. The number of nitrogens with zero attached hydrogens (tertiary/aromatic N) is 2. The molecular weight excluding hydrogens is 477 g/mol. The van der Waals surface area contributed by atoms with Gasteiger partial charge in [-0.25, -0.2) is 9.37 Å². The predicted octanol–water partition coefficient (Wildman–Crippen LogP) is 7.16. The molecule has 35 heavy (non-hydrogen) atoms. The normalized spacial score (nSPS) is 12.1. The third-order valence-electron chi connectivity index (χ3n) is 5.68. The highest BCUT2D eigenvalue weighted by Crippen LogP contribution is 2.38. The molecule has 3 aromatic carbocycles. The van der Waals surface area contributed by atoms with Crippen molar-refractivity contribution < 1.29 is 23.0 Å². The summed E-state index contributed by atoms with van der Waals surface area (Å²) in [5.41, 5.74) is 0.802. The van der Waals surface area contributed by atoms with Crippen molar-refractivity contribution in [2.24, 2.45) is 0 Å². The minimum Gasteiger partial charge on any atom is -0.496 e. The first-order valence-corrected chi connectivity index (χ1v) is 11.2. The molecule has 0 aliphatic heterocycles. The van der Waals surface area contributed by atoms with Gasteiger partial charge in [0, 0.05) is 33.6 Å². The molecule has 8 heteroatoms. The summed E-state index contributed by atoms with van der Waals surface area (Å²) < 4.78 is 49.2. The zero-order valence-electron chi connectivity index (χ0n) is 19.4. The van der Waals surface area contributed by atoms with Gasteiger partial charge in [-0.2, -0.15) is 8.78 Å². The Bertz CT molecular complexity index is 1350. The second-order valence-corrected chi connectivity index (χ2v) is 9.09. The van der Waals surface area contributed by atoms with Crippen LogP contribution in [-0.4, -0.2) is 28.4 Å². The van der Waals surface area contributed by atoms with Crippen molar-refractivity contribution >= 4 is 11.6 Å². The first kappa shape index (κ1) is 24.8. The van der Waals surface area contributed by atoms with E-state index in [-0.39, 0.29) is 17.1 Å². The summed E-state index contributed by atoms with van der Waals surface area (Å²) in [5.74, 6) is -2.87. The molecule has 0 fully saturated rings. The Morgan fingerprint density at radius 2 is 1.69 bits per heavy atom. The van der Waals surface area contributed by atoms with Crippen LogP contribution in [0, 0.1) is 0 Å². The molecule has 4 rings (SSSR count). The molecule has 0 bridgehead atoms. The molecule has 0 aliphatic carbocycles. The highest BCUT2D eigenvalue weighted by atomic mass is 35.5. The van der Waals surface area contributed by atoms with E-state index in [1.807, 2.05) is 12.1 Å². The van der Waals surface area contributed by atoms with Crippen molar-refractivity contribution in [2.45, 2.75) is 25.4 Å². The number of halogens is 4. The van der Waals surface area contributed by atoms with Gasteiger partial charge in [-0.1, -0.05) is 48.0 Å². The van der Waals surface area contributed by atoms with Crippen LogP contribution in [0.3, 0.4) is 0 Å². The van der Waals surface area contributed by atoms with Crippen LogP contribution in [0.4, 0.5) is 13.2 Å². The van der Waals surface area contributed by atoms with E-state index in [0.29, 0.717) is 16.5 Å². The number of alkyl halides is 3. The summed E-state index contributed by atoms with van der Waals surface area (Å²) >= 11 is 6.17. The standard InChI is InChI=1S/C27H24ClF3N2O2/c1-26(2,34)24-15-33(25(32-24)20-6-4-5-7-22(20)27(30,31)16-29)19-11-8-17(9-12-19)21-14-18(28)10-13-23(21)35-3/h4-15,34H,16H2,1-3H3. The third-order valence-corrected chi connectivity index (χ3v) is 5.92. The molecule has 4 aromatic rings. The summed E-state index contributed by atoms with van der Waals surface area (Å²) in [6, 6.07) is 18.3. The fourth-order valence-corrected chi connectivity index (χ4v) is 4.01. The van der Waals surface area contributed by atoms with Crippen LogP contribution >= 0.6 is 11.6 Å². The van der Waals surface area contributed by atoms with Crippen LogP contribution in [-0.2, 0) is 11.5 Å². The molecule has 1 N–H and O–H groups in total. The Morgan fingerprint density at radius 3 is 2.31 bits per heavy atom. The molecule has 0 saturated heterocycles. The Balaban J connectivity index is 1.87. The van der Waals surface area contributed by atoms with E-state index < -0.39 is 23.8 Å². The zero-order chi connectivity index (χ0) is 25.4. The molecule has 0 saturated carbocycles. The minimum absolute atomic E-state index is 0.0752. The van der Waals surface area contributed by atoms with Crippen molar-refractivity contribution in [1.82, 2.24) is 9.55 Å². The van der Waals surface area contributed by atoms with E-state index in [9.17, 15) is 18.3 Å². The van der Waals surface area contributed by atoms with Crippen molar-refractivity contribution in [3.63, 3.8) is 0 Å². The lowest BCUT2D eigenvalue weighted by Crippen LogP contribution is -2.18. The molecule has 182 valence electrons. The van der Waals surface area contributed by atoms with Crippen molar-refractivity contribution in [3.8, 4) is 34.0 Å². The second kappa shape index (κ2) is 9.40. The molecule has 0 amide bonds. The summed E-state index contributed by atoms with van der Waals surface area (Å²) in [5, 5.41) is 11.1. The van der Waals surface area contributed by atoms with Crippen molar-refractivity contribution in [2.75, 3.05) is 13.8 Å². The van der Waals surface area contributed by atoms with Crippen LogP contribution in [0.1, 0.15) is 25.1 Å². The van der Waals surface area contributed by atoms with Crippen LogP contribution in [0.15, 0.2) is 72.9 Å². The highest BCUT2D eigenvalue weighted by molar-refractivity contribution is 6.31. The average molecular weight is 501 g/mol. The first-order chi connectivity index (χ1) is 16.5.